The molecule has 0 aromatic carbocycles. The minimum absolute atomic E-state index is 0.672. The summed E-state index contributed by atoms with van der Waals surface area (Å²) in [5.41, 5.74) is 6.42. The molecule has 13 heavy (non-hydrogen) atoms. The second-order valence-electron chi connectivity index (χ2n) is 2.51. The topological polar surface area (TPSA) is 48.1 Å². The minimum Gasteiger partial charge on any atom is -0.481 e. The first-order chi connectivity index (χ1) is 6.36. The third kappa shape index (κ3) is 3.65. The SMILES string of the molecule is COc1cccc(CSCCN)n1. The highest BCUT2D eigenvalue weighted by Crippen LogP contribution is 2.12. The molecule has 1 heterocycles. The molecule has 2 N–H and O–H groups in total. The Morgan fingerprint density at radius 1 is 1.54 bits per heavy atom. The van der Waals surface area contributed by atoms with Gasteiger partial charge in [-0.15, -0.1) is 0 Å². The summed E-state index contributed by atoms with van der Waals surface area (Å²) in [7, 11) is 1.62. The van der Waals surface area contributed by atoms with Crippen LogP contribution in [0.5, 0.6) is 5.88 Å². The van der Waals surface area contributed by atoms with Gasteiger partial charge >= 0.3 is 0 Å². The van der Waals surface area contributed by atoms with Crippen LogP contribution in [0.3, 0.4) is 0 Å². The number of nitrogens with two attached hydrogens (primary N) is 1. The Morgan fingerprint density at radius 3 is 3.08 bits per heavy atom. The van der Waals surface area contributed by atoms with Crippen LogP contribution in [0.1, 0.15) is 5.69 Å². The predicted molar refractivity (Wildman–Crippen MR) is 56.0 cm³/mol. The molecule has 0 saturated heterocycles. The molecule has 1 rings (SSSR count). The second kappa shape index (κ2) is 5.83. The Bertz CT molecular complexity index is 255. The van der Waals surface area contributed by atoms with Gasteiger partial charge in [-0.05, 0) is 6.07 Å². The smallest absolute Gasteiger partial charge is 0.213 e. The van der Waals surface area contributed by atoms with Gasteiger partial charge < -0.3 is 10.5 Å². The van der Waals surface area contributed by atoms with Gasteiger partial charge in [0.25, 0.3) is 0 Å². The Hall–Kier alpha value is -0.740. The maximum absolute atomic E-state index is 5.38. The lowest BCUT2D eigenvalue weighted by Gasteiger charge is -2.02. The van der Waals surface area contributed by atoms with E-state index in [0.717, 1.165) is 17.2 Å². The van der Waals surface area contributed by atoms with Crippen molar-refractivity contribution in [1.82, 2.24) is 4.98 Å². The molecule has 0 fully saturated rings. The van der Waals surface area contributed by atoms with E-state index in [1.54, 1.807) is 18.9 Å². The van der Waals surface area contributed by atoms with E-state index >= 15 is 0 Å². The third-order valence-corrected chi connectivity index (χ3v) is 2.53. The van der Waals surface area contributed by atoms with Crippen LogP contribution in [0, 0.1) is 0 Å². The lowest BCUT2D eigenvalue weighted by atomic mass is 10.4. The van der Waals surface area contributed by atoms with Gasteiger partial charge in [-0.25, -0.2) is 4.98 Å². The number of thioether (sulfide) groups is 1. The zero-order chi connectivity index (χ0) is 9.52. The molecule has 0 aliphatic rings. The first-order valence-corrected chi connectivity index (χ1v) is 5.30. The minimum atomic E-state index is 0.672. The number of methoxy groups -OCH3 is 1. The first kappa shape index (κ1) is 10.3. The molecule has 3 nitrogen and oxygen atoms in total. The van der Waals surface area contributed by atoms with Crippen LogP contribution in [0.15, 0.2) is 18.2 Å². The molecular weight excluding hydrogens is 184 g/mol. The summed E-state index contributed by atoms with van der Waals surface area (Å²) >= 11 is 1.78. The van der Waals surface area contributed by atoms with Crippen molar-refractivity contribution in [3.05, 3.63) is 23.9 Å². The summed E-state index contributed by atoms with van der Waals surface area (Å²) in [6.07, 6.45) is 0. The molecule has 4 heteroatoms. The van der Waals surface area contributed by atoms with Crippen LogP contribution in [0.4, 0.5) is 0 Å². The van der Waals surface area contributed by atoms with Crippen LogP contribution < -0.4 is 10.5 Å². The molecular formula is C9H14N2OS. The van der Waals surface area contributed by atoms with E-state index < -0.39 is 0 Å². The van der Waals surface area contributed by atoms with E-state index in [2.05, 4.69) is 4.98 Å². The molecule has 1 aromatic rings. The van der Waals surface area contributed by atoms with Crippen LogP contribution in [0.25, 0.3) is 0 Å². The number of ether oxygens (including phenoxy) is 1. The Labute approximate surface area is 82.7 Å². The number of pyridine rings is 1. The monoisotopic (exact) mass is 198 g/mol. The van der Waals surface area contributed by atoms with E-state index in [1.807, 2.05) is 18.2 Å². The highest BCUT2D eigenvalue weighted by Gasteiger charge is 1.96. The van der Waals surface area contributed by atoms with Gasteiger partial charge in [0.1, 0.15) is 0 Å². The summed E-state index contributed by atoms with van der Waals surface area (Å²) in [6, 6.07) is 5.79. The summed E-state index contributed by atoms with van der Waals surface area (Å²) < 4.78 is 5.02. The van der Waals surface area contributed by atoms with Gasteiger partial charge in [-0.2, -0.15) is 11.8 Å². The third-order valence-electron chi connectivity index (χ3n) is 1.50. The average Bonchev–Trinajstić information content (AvgIpc) is 2.19. The van der Waals surface area contributed by atoms with Gasteiger partial charge in [-0.3, -0.25) is 0 Å². The molecule has 0 saturated carbocycles. The van der Waals surface area contributed by atoms with Crippen LogP contribution in [-0.2, 0) is 5.75 Å². The van der Waals surface area contributed by atoms with Crippen molar-refractivity contribution in [2.45, 2.75) is 5.75 Å². The van der Waals surface area contributed by atoms with E-state index in [9.17, 15) is 0 Å². The zero-order valence-electron chi connectivity index (χ0n) is 7.69. The molecule has 72 valence electrons. The summed E-state index contributed by atoms with van der Waals surface area (Å²) in [5, 5.41) is 0. The molecule has 1 aromatic heterocycles. The molecule has 0 spiro atoms. The number of hydrogen-bond donors (Lipinski definition) is 1. The molecule has 0 radical (unpaired) electrons. The van der Waals surface area contributed by atoms with Crippen LogP contribution >= 0.6 is 11.8 Å². The highest BCUT2D eigenvalue weighted by atomic mass is 32.2. The van der Waals surface area contributed by atoms with Crippen molar-refractivity contribution in [2.75, 3.05) is 19.4 Å². The van der Waals surface area contributed by atoms with Gasteiger partial charge in [0.2, 0.25) is 5.88 Å². The number of hydrogen-bond acceptors (Lipinski definition) is 4. The Kier molecular flexibility index (Phi) is 4.64. The fourth-order valence-corrected chi connectivity index (χ4v) is 1.59. The lowest BCUT2D eigenvalue weighted by molar-refractivity contribution is 0.397. The van der Waals surface area contributed by atoms with E-state index in [4.69, 9.17) is 10.5 Å². The number of rotatable bonds is 5. The van der Waals surface area contributed by atoms with Crippen molar-refractivity contribution in [3.8, 4) is 5.88 Å². The Balaban J connectivity index is 2.46. The fraction of sp³-hybridized carbons (Fsp3) is 0.444. The molecule has 0 unspecified atom stereocenters. The van der Waals surface area contributed by atoms with E-state index in [-0.39, 0.29) is 0 Å². The summed E-state index contributed by atoms with van der Waals surface area (Å²) in [5.74, 6) is 2.54. The standard InChI is InChI=1S/C9H14N2OS/c1-12-9-4-2-3-8(11-9)7-13-6-5-10/h2-4H,5-7,10H2,1H3. The van der Waals surface area contributed by atoms with Gasteiger partial charge in [0.05, 0.1) is 12.8 Å². The van der Waals surface area contributed by atoms with Gasteiger partial charge in [-0.1, -0.05) is 6.07 Å². The van der Waals surface area contributed by atoms with Crippen molar-refractivity contribution >= 4 is 11.8 Å². The zero-order valence-corrected chi connectivity index (χ0v) is 8.51. The van der Waals surface area contributed by atoms with Gasteiger partial charge in [0, 0.05) is 24.1 Å². The fourth-order valence-electron chi connectivity index (χ4n) is 0.912. The Morgan fingerprint density at radius 2 is 2.38 bits per heavy atom. The maximum Gasteiger partial charge on any atom is 0.213 e. The maximum atomic E-state index is 5.38. The highest BCUT2D eigenvalue weighted by molar-refractivity contribution is 7.98. The lowest BCUT2D eigenvalue weighted by Crippen LogP contribution is -2.01. The molecule has 0 atom stereocenters. The summed E-state index contributed by atoms with van der Waals surface area (Å²) in [6.45, 7) is 0.717. The number of aromatic nitrogens is 1. The van der Waals surface area contributed by atoms with Crippen molar-refractivity contribution in [1.29, 1.82) is 0 Å². The molecule has 0 amide bonds. The predicted octanol–water partition coefficient (Wildman–Crippen LogP) is 1.28. The average molecular weight is 198 g/mol. The quantitative estimate of drug-likeness (QED) is 0.724. The van der Waals surface area contributed by atoms with Crippen molar-refractivity contribution in [3.63, 3.8) is 0 Å². The largest absolute Gasteiger partial charge is 0.481 e. The molecule has 0 bridgehead atoms. The number of nitrogens with zero attached hydrogens (tertiary/aromatic N) is 1. The van der Waals surface area contributed by atoms with Crippen molar-refractivity contribution < 1.29 is 4.74 Å². The first-order valence-electron chi connectivity index (χ1n) is 4.14. The second-order valence-corrected chi connectivity index (χ2v) is 3.62. The van der Waals surface area contributed by atoms with Gasteiger partial charge in [0.15, 0.2) is 0 Å². The molecule has 0 aliphatic carbocycles. The molecule has 0 aliphatic heterocycles. The normalized spacial score (nSPS) is 10.0. The summed E-state index contributed by atoms with van der Waals surface area (Å²) in [4.78, 5) is 4.28. The van der Waals surface area contributed by atoms with E-state index in [0.29, 0.717) is 12.4 Å². The van der Waals surface area contributed by atoms with E-state index in [1.165, 1.54) is 0 Å². The van der Waals surface area contributed by atoms with Crippen LogP contribution in [-0.4, -0.2) is 24.4 Å². The van der Waals surface area contributed by atoms with Crippen molar-refractivity contribution in [2.24, 2.45) is 5.73 Å². The van der Waals surface area contributed by atoms with Crippen LogP contribution in [0.2, 0.25) is 0 Å².